The molecule has 6 nitrogen and oxygen atoms in total. The van der Waals surface area contributed by atoms with E-state index in [1.54, 1.807) is 12.1 Å². The van der Waals surface area contributed by atoms with Crippen molar-refractivity contribution in [3.05, 3.63) is 75.8 Å². The van der Waals surface area contributed by atoms with Crippen LogP contribution in [0.2, 0.25) is 0 Å². The summed E-state index contributed by atoms with van der Waals surface area (Å²) in [5.74, 6) is -0.515. The summed E-state index contributed by atoms with van der Waals surface area (Å²) in [5, 5.41) is 13.3. The number of para-hydroxylation sites is 1. The zero-order chi connectivity index (χ0) is 18.2. The first-order valence-corrected chi connectivity index (χ1v) is 7.19. The van der Waals surface area contributed by atoms with Crippen LogP contribution in [-0.4, -0.2) is 17.4 Å². The molecule has 1 amide bonds. The highest BCUT2D eigenvalue weighted by molar-refractivity contribution is 5.92. The maximum absolute atomic E-state index is 12.3. The van der Waals surface area contributed by atoms with Crippen LogP contribution in [0.5, 0.6) is 5.75 Å². The standard InChI is InChI=1S/C17H14F2N2O4/c18-17(19)25-15-7-2-1-5-13(15)8-9-16(22)20-11-12-4-3-6-14(10-12)21(23)24/h1-10,17H,11H2,(H,20,22). The third-order valence-corrected chi connectivity index (χ3v) is 3.14. The lowest BCUT2D eigenvalue weighted by molar-refractivity contribution is -0.384. The lowest BCUT2D eigenvalue weighted by Crippen LogP contribution is -2.20. The summed E-state index contributed by atoms with van der Waals surface area (Å²) < 4.78 is 29.0. The van der Waals surface area contributed by atoms with Crippen LogP contribution in [0.1, 0.15) is 11.1 Å². The second-order valence-corrected chi connectivity index (χ2v) is 4.89. The van der Waals surface area contributed by atoms with Gasteiger partial charge in [-0.25, -0.2) is 0 Å². The van der Waals surface area contributed by atoms with Crippen LogP contribution in [0.4, 0.5) is 14.5 Å². The largest absolute Gasteiger partial charge is 0.434 e. The van der Waals surface area contributed by atoms with Gasteiger partial charge in [-0.15, -0.1) is 0 Å². The van der Waals surface area contributed by atoms with Crippen molar-refractivity contribution in [2.24, 2.45) is 0 Å². The van der Waals surface area contributed by atoms with E-state index in [0.29, 0.717) is 11.1 Å². The first-order valence-electron chi connectivity index (χ1n) is 7.19. The first-order chi connectivity index (χ1) is 12.0. The second-order valence-electron chi connectivity index (χ2n) is 4.89. The fourth-order valence-electron chi connectivity index (χ4n) is 2.02. The average Bonchev–Trinajstić information content (AvgIpc) is 2.59. The number of carbonyl (C=O) groups is 1. The third kappa shape index (κ3) is 5.69. The van der Waals surface area contributed by atoms with Crippen molar-refractivity contribution < 1.29 is 23.2 Å². The molecule has 2 rings (SSSR count). The van der Waals surface area contributed by atoms with Crippen molar-refractivity contribution in [2.45, 2.75) is 13.2 Å². The number of ether oxygens (including phenoxy) is 1. The molecule has 0 bridgehead atoms. The van der Waals surface area contributed by atoms with Gasteiger partial charge in [-0.1, -0.05) is 30.3 Å². The van der Waals surface area contributed by atoms with Gasteiger partial charge in [0.05, 0.1) is 4.92 Å². The maximum atomic E-state index is 12.3. The molecule has 2 aromatic carbocycles. The average molecular weight is 348 g/mol. The number of benzene rings is 2. The molecule has 1 N–H and O–H groups in total. The fourth-order valence-corrected chi connectivity index (χ4v) is 2.02. The van der Waals surface area contributed by atoms with E-state index in [-0.39, 0.29) is 18.0 Å². The SMILES string of the molecule is O=C(C=Cc1ccccc1OC(F)F)NCc1cccc([N+](=O)[O-])c1. The number of non-ortho nitro benzene ring substituents is 1. The van der Waals surface area contributed by atoms with Gasteiger partial charge in [0.2, 0.25) is 5.91 Å². The van der Waals surface area contributed by atoms with Crippen molar-refractivity contribution in [1.29, 1.82) is 0 Å². The molecule has 0 aromatic heterocycles. The van der Waals surface area contributed by atoms with Crippen LogP contribution in [0, 0.1) is 10.1 Å². The quantitative estimate of drug-likeness (QED) is 0.471. The number of hydrogen-bond acceptors (Lipinski definition) is 4. The highest BCUT2D eigenvalue weighted by Crippen LogP contribution is 2.21. The van der Waals surface area contributed by atoms with Crippen molar-refractivity contribution in [2.75, 3.05) is 0 Å². The van der Waals surface area contributed by atoms with Crippen LogP contribution in [0.3, 0.4) is 0 Å². The van der Waals surface area contributed by atoms with E-state index >= 15 is 0 Å². The Bertz CT molecular complexity index is 794. The monoisotopic (exact) mass is 348 g/mol. The zero-order valence-electron chi connectivity index (χ0n) is 12.9. The molecule has 0 fully saturated rings. The van der Waals surface area contributed by atoms with Gasteiger partial charge in [0.1, 0.15) is 5.75 Å². The van der Waals surface area contributed by atoms with Crippen LogP contribution in [-0.2, 0) is 11.3 Å². The number of nitro benzene ring substituents is 1. The zero-order valence-corrected chi connectivity index (χ0v) is 12.9. The summed E-state index contributed by atoms with van der Waals surface area (Å²) in [6, 6.07) is 11.9. The smallest absolute Gasteiger partial charge is 0.387 e. The lowest BCUT2D eigenvalue weighted by atomic mass is 10.2. The second kappa shape index (κ2) is 8.53. The predicted molar refractivity (Wildman–Crippen MR) is 87.1 cm³/mol. The summed E-state index contributed by atoms with van der Waals surface area (Å²) in [6.45, 7) is -2.86. The van der Waals surface area contributed by atoms with Gasteiger partial charge in [-0.2, -0.15) is 8.78 Å². The van der Waals surface area contributed by atoms with E-state index in [0.717, 1.165) is 0 Å². The van der Waals surface area contributed by atoms with Crippen LogP contribution >= 0.6 is 0 Å². The molecule has 0 unspecified atom stereocenters. The van der Waals surface area contributed by atoms with Gasteiger partial charge in [-0.3, -0.25) is 14.9 Å². The molecule has 0 heterocycles. The first kappa shape index (κ1) is 18.1. The Morgan fingerprint density at radius 1 is 1.24 bits per heavy atom. The molecule has 0 aliphatic heterocycles. The molecule has 0 saturated carbocycles. The van der Waals surface area contributed by atoms with E-state index in [1.165, 1.54) is 48.6 Å². The summed E-state index contributed by atoms with van der Waals surface area (Å²) >= 11 is 0. The number of rotatable bonds is 7. The Balaban J connectivity index is 1.98. The lowest BCUT2D eigenvalue weighted by Gasteiger charge is -2.07. The highest BCUT2D eigenvalue weighted by Gasteiger charge is 2.08. The number of halogens is 2. The summed E-state index contributed by atoms with van der Waals surface area (Å²) in [7, 11) is 0. The molecule has 8 heteroatoms. The van der Waals surface area contributed by atoms with Gasteiger partial charge in [-0.05, 0) is 17.7 Å². The number of amides is 1. The van der Waals surface area contributed by atoms with E-state index in [1.807, 2.05) is 0 Å². The molecular weight excluding hydrogens is 334 g/mol. The topological polar surface area (TPSA) is 81.5 Å². The number of carbonyl (C=O) groups excluding carboxylic acids is 1. The molecule has 0 aliphatic carbocycles. The minimum atomic E-state index is -2.96. The number of nitro groups is 1. The summed E-state index contributed by atoms with van der Waals surface area (Å²) in [5.41, 5.74) is 0.825. The fraction of sp³-hybridized carbons (Fsp3) is 0.118. The molecule has 0 aliphatic rings. The van der Waals surface area contributed by atoms with E-state index in [4.69, 9.17) is 0 Å². The predicted octanol–water partition coefficient (Wildman–Crippen LogP) is 3.53. The van der Waals surface area contributed by atoms with Crippen molar-refractivity contribution in [3.8, 4) is 5.75 Å². The highest BCUT2D eigenvalue weighted by atomic mass is 19.3. The molecule has 0 radical (unpaired) electrons. The Labute approximate surface area is 141 Å². The normalized spacial score (nSPS) is 10.8. The van der Waals surface area contributed by atoms with E-state index < -0.39 is 17.4 Å². The molecule has 130 valence electrons. The Hall–Kier alpha value is -3.29. The van der Waals surface area contributed by atoms with Crippen molar-refractivity contribution in [1.82, 2.24) is 5.32 Å². The van der Waals surface area contributed by atoms with Gasteiger partial charge >= 0.3 is 6.61 Å². The third-order valence-electron chi connectivity index (χ3n) is 3.14. The molecule has 0 saturated heterocycles. The number of hydrogen-bond donors (Lipinski definition) is 1. The number of alkyl halides is 2. The number of nitrogens with zero attached hydrogens (tertiary/aromatic N) is 1. The van der Waals surface area contributed by atoms with Crippen molar-refractivity contribution in [3.63, 3.8) is 0 Å². The summed E-state index contributed by atoms with van der Waals surface area (Å²) in [4.78, 5) is 22.0. The molecular formula is C17H14F2N2O4. The Morgan fingerprint density at radius 2 is 2.00 bits per heavy atom. The Morgan fingerprint density at radius 3 is 2.72 bits per heavy atom. The maximum Gasteiger partial charge on any atom is 0.387 e. The van der Waals surface area contributed by atoms with Crippen LogP contribution in [0.15, 0.2) is 54.6 Å². The molecule has 0 spiro atoms. The molecule has 2 aromatic rings. The van der Waals surface area contributed by atoms with Gasteiger partial charge in [0.25, 0.3) is 5.69 Å². The van der Waals surface area contributed by atoms with E-state index in [9.17, 15) is 23.7 Å². The van der Waals surface area contributed by atoms with Crippen LogP contribution in [0.25, 0.3) is 6.08 Å². The minimum Gasteiger partial charge on any atom is -0.434 e. The van der Waals surface area contributed by atoms with Crippen LogP contribution < -0.4 is 10.1 Å². The van der Waals surface area contributed by atoms with Gasteiger partial charge in [0.15, 0.2) is 0 Å². The number of nitrogens with one attached hydrogen (secondary N) is 1. The molecule has 0 atom stereocenters. The summed E-state index contributed by atoms with van der Waals surface area (Å²) in [6.07, 6.45) is 2.52. The van der Waals surface area contributed by atoms with Gasteiger partial charge < -0.3 is 10.1 Å². The van der Waals surface area contributed by atoms with Gasteiger partial charge in [0, 0.05) is 30.3 Å². The van der Waals surface area contributed by atoms with Crippen molar-refractivity contribution >= 4 is 17.7 Å². The Kier molecular flexibility index (Phi) is 6.16. The minimum absolute atomic E-state index is 0.0414. The van der Waals surface area contributed by atoms with E-state index in [2.05, 4.69) is 10.1 Å². The molecule has 25 heavy (non-hydrogen) atoms.